The number of allylic oxidation sites excluding steroid dienone is 1. The third-order valence-electron chi connectivity index (χ3n) is 6.98. The number of thiazole rings is 1. The Bertz CT molecular complexity index is 1630. The summed E-state index contributed by atoms with van der Waals surface area (Å²) in [7, 11) is 2.06. The zero-order chi connectivity index (χ0) is 27.7. The Labute approximate surface area is 228 Å². The van der Waals surface area contributed by atoms with Crippen LogP contribution in [0.4, 0.5) is 11.4 Å². The van der Waals surface area contributed by atoms with E-state index in [1.165, 1.54) is 28.0 Å². The normalized spacial score (nSPS) is 18.1. The van der Waals surface area contributed by atoms with E-state index in [1.54, 1.807) is 26.0 Å². The quantitative estimate of drug-likeness (QED) is 0.265. The molecule has 202 valence electrons. The van der Waals surface area contributed by atoms with E-state index in [-0.39, 0.29) is 17.9 Å². The average Bonchev–Trinajstić information content (AvgIpc) is 3.23. The number of hydrogen-bond donors (Lipinski definition) is 0. The van der Waals surface area contributed by atoms with Crippen LogP contribution in [0.1, 0.15) is 31.0 Å². The van der Waals surface area contributed by atoms with Crippen molar-refractivity contribution in [2.24, 2.45) is 4.99 Å². The second-order valence-corrected chi connectivity index (χ2v) is 10.5. The van der Waals surface area contributed by atoms with E-state index >= 15 is 0 Å². The lowest BCUT2D eigenvalue weighted by molar-refractivity contribution is -0.384. The summed E-state index contributed by atoms with van der Waals surface area (Å²) >= 11 is 1.20. The summed E-state index contributed by atoms with van der Waals surface area (Å²) in [5.41, 5.74) is 2.63. The van der Waals surface area contributed by atoms with E-state index in [1.807, 2.05) is 30.3 Å². The molecule has 0 amide bonds. The number of carbonyl (C=O) groups excluding carboxylic acids is 1. The molecule has 0 spiro atoms. The van der Waals surface area contributed by atoms with Crippen LogP contribution in [0.3, 0.4) is 0 Å². The molecule has 0 unspecified atom stereocenters. The van der Waals surface area contributed by atoms with E-state index in [0.717, 1.165) is 37.4 Å². The van der Waals surface area contributed by atoms with Gasteiger partial charge in [-0.05, 0) is 38.6 Å². The molecule has 0 bridgehead atoms. The standard InChI is InChI=1S/C28H29N5O5S/c1-4-38-27(35)24-18(2)29-28-32(25(24)19-8-6-5-7-9-19)26(34)23(39-28)17-20-16-21(33(36)37)10-11-22(20)31-14-12-30(3)13-15-31/h5-11,16-17,25H,4,12-15H2,1-3H3/t25-/m1/s1. The molecule has 2 aliphatic heterocycles. The van der Waals surface area contributed by atoms with Crippen LogP contribution in [0.5, 0.6) is 0 Å². The minimum absolute atomic E-state index is 0.0468. The van der Waals surface area contributed by atoms with Gasteiger partial charge in [0.05, 0.1) is 33.4 Å². The summed E-state index contributed by atoms with van der Waals surface area (Å²) in [5.74, 6) is -0.516. The number of non-ortho nitro benzene ring substituents is 1. The number of hydrogen-bond acceptors (Lipinski definition) is 9. The van der Waals surface area contributed by atoms with Crippen molar-refractivity contribution in [2.75, 3.05) is 44.7 Å². The number of benzene rings is 2. The Morgan fingerprint density at radius 2 is 1.90 bits per heavy atom. The number of aromatic nitrogens is 1. The van der Waals surface area contributed by atoms with Crippen molar-refractivity contribution in [3.05, 3.63) is 101 Å². The van der Waals surface area contributed by atoms with Crippen LogP contribution in [-0.4, -0.2) is 60.2 Å². The van der Waals surface area contributed by atoms with Crippen molar-refractivity contribution in [1.82, 2.24) is 9.47 Å². The molecule has 10 nitrogen and oxygen atoms in total. The number of rotatable bonds is 6. The molecule has 1 fully saturated rings. The lowest BCUT2D eigenvalue weighted by Gasteiger charge is -2.34. The van der Waals surface area contributed by atoms with Crippen molar-refractivity contribution in [3.63, 3.8) is 0 Å². The van der Waals surface area contributed by atoms with Gasteiger partial charge in [0.1, 0.15) is 0 Å². The van der Waals surface area contributed by atoms with E-state index in [4.69, 9.17) is 4.74 Å². The van der Waals surface area contributed by atoms with Crippen LogP contribution in [0.15, 0.2) is 69.6 Å². The number of nitro benzene ring substituents is 1. The first kappa shape index (κ1) is 26.5. The predicted octanol–water partition coefficient (Wildman–Crippen LogP) is 2.46. The third kappa shape index (κ3) is 5.15. The van der Waals surface area contributed by atoms with Crippen LogP contribution in [0.25, 0.3) is 6.08 Å². The molecule has 0 radical (unpaired) electrons. The number of anilines is 1. The topological polar surface area (TPSA) is 110 Å². The lowest BCUT2D eigenvalue weighted by atomic mass is 9.96. The molecule has 2 aromatic carbocycles. The molecule has 1 saturated heterocycles. The maximum atomic E-state index is 13.9. The summed E-state index contributed by atoms with van der Waals surface area (Å²) in [6.45, 7) is 6.95. The number of esters is 1. The first-order chi connectivity index (χ1) is 18.8. The molecule has 0 aliphatic carbocycles. The lowest BCUT2D eigenvalue weighted by Crippen LogP contribution is -2.44. The highest BCUT2D eigenvalue weighted by Gasteiger charge is 2.33. The monoisotopic (exact) mass is 547 g/mol. The van der Waals surface area contributed by atoms with Gasteiger partial charge in [-0.1, -0.05) is 41.7 Å². The maximum Gasteiger partial charge on any atom is 0.338 e. The second-order valence-electron chi connectivity index (χ2n) is 9.50. The van der Waals surface area contributed by atoms with Crippen molar-refractivity contribution >= 4 is 34.8 Å². The first-order valence-corrected chi connectivity index (χ1v) is 13.6. The largest absolute Gasteiger partial charge is 0.463 e. The zero-order valence-corrected chi connectivity index (χ0v) is 22.8. The molecule has 0 N–H and O–H groups in total. The van der Waals surface area contributed by atoms with E-state index in [2.05, 4.69) is 21.8 Å². The molecule has 2 aliphatic rings. The number of ether oxygens (including phenoxy) is 1. The third-order valence-corrected chi connectivity index (χ3v) is 7.97. The van der Waals surface area contributed by atoms with Gasteiger partial charge in [-0.3, -0.25) is 19.5 Å². The van der Waals surface area contributed by atoms with E-state index in [9.17, 15) is 19.7 Å². The number of nitrogens with zero attached hydrogens (tertiary/aromatic N) is 5. The fourth-order valence-corrected chi connectivity index (χ4v) is 6.03. The summed E-state index contributed by atoms with van der Waals surface area (Å²) in [4.78, 5) is 47.6. The first-order valence-electron chi connectivity index (χ1n) is 12.7. The van der Waals surface area contributed by atoms with Crippen LogP contribution in [0.2, 0.25) is 0 Å². The Balaban J connectivity index is 1.69. The van der Waals surface area contributed by atoms with E-state index < -0.39 is 16.9 Å². The molecule has 3 heterocycles. The Morgan fingerprint density at radius 3 is 2.56 bits per heavy atom. The van der Waals surface area contributed by atoms with Gasteiger partial charge in [-0.15, -0.1) is 0 Å². The van der Waals surface area contributed by atoms with Gasteiger partial charge in [0.25, 0.3) is 11.2 Å². The van der Waals surface area contributed by atoms with Gasteiger partial charge in [0, 0.05) is 49.6 Å². The average molecular weight is 548 g/mol. The molecule has 1 aromatic heterocycles. The zero-order valence-electron chi connectivity index (χ0n) is 22.0. The summed E-state index contributed by atoms with van der Waals surface area (Å²) < 4.78 is 7.24. The van der Waals surface area contributed by atoms with Gasteiger partial charge in [-0.2, -0.15) is 0 Å². The highest BCUT2D eigenvalue weighted by molar-refractivity contribution is 7.07. The van der Waals surface area contributed by atoms with Gasteiger partial charge < -0.3 is 14.5 Å². The fourth-order valence-electron chi connectivity index (χ4n) is 4.99. The number of nitro groups is 1. The van der Waals surface area contributed by atoms with E-state index in [0.29, 0.717) is 26.2 Å². The highest BCUT2D eigenvalue weighted by atomic mass is 32.1. The molecule has 11 heteroatoms. The Morgan fingerprint density at radius 1 is 1.18 bits per heavy atom. The second kappa shape index (κ2) is 11.0. The number of piperazine rings is 1. The summed E-state index contributed by atoms with van der Waals surface area (Å²) in [5, 5.41) is 11.6. The summed E-state index contributed by atoms with van der Waals surface area (Å²) in [6, 6.07) is 13.4. The number of likely N-dealkylation sites (N-methyl/N-ethyl adjacent to an activating group) is 1. The Kier molecular flexibility index (Phi) is 7.45. The van der Waals surface area contributed by atoms with Gasteiger partial charge in [-0.25, -0.2) is 9.79 Å². The Hall–Kier alpha value is -4.09. The summed E-state index contributed by atoms with van der Waals surface area (Å²) in [6.07, 6.45) is 1.70. The molecular formula is C28H29N5O5S. The number of fused-ring (bicyclic) bond motifs is 1. The van der Waals surface area contributed by atoms with Crippen LogP contribution >= 0.6 is 11.3 Å². The van der Waals surface area contributed by atoms with Crippen molar-refractivity contribution in [2.45, 2.75) is 19.9 Å². The smallest absolute Gasteiger partial charge is 0.338 e. The molecule has 39 heavy (non-hydrogen) atoms. The molecule has 5 rings (SSSR count). The minimum atomic E-state index is -0.703. The number of carbonyl (C=O) groups is 1. The maximum absolute atomic E-state index is 13.9. The fraction of sp³-hybridized carbons (Fsp3) is 0.321. The molecule has 0 saturated carbocycles. The molecule has 3 aromatic rings. The van der Waals surface area contributed by atoms with Crippen LogP contribution in [-0.2, 0) is 9.53 Å². The van der Waals surface area contributed by atoms with Crippen molar-refractivity contribution < 1.29 is 14.5 Å². The van der Waals surface area contributed by atoms with Gasteiger partial charge in [0.15, 0.2) is 4.80 Å². The van der Waals surface area contributed by atoms with Gasteiger partial charge in [0.2, 0.25) is 0 Å². The predicted molar refractivity (Wildman–Crippen MR) is 150 cm³/mol. The van der Waals surface area contributed by atoms with Gasteiger partial charge >= 0.3 is 5.97 Å². The van der Waals surface area contributed by atoms with Crippen molar-refractivity contribution in [1.29, 1.82) is 0 Å². The SMILES string of the molecule is CCOC(=O)C1=C(C)N=c2sc(=Cc3cc([N+](=O)[O-])ccc3N3CCN(C)CC3)c(=O)n2[C@@H]1c1ccccc1. The molecule has 1 atom stereocenters. The van der Waals surface area contributed by atoms with Crippen molar-refractivity contribution in [3.8, 4) is 0 Å². The highest BCUT2D eigenvalue weighted by Crippen LogP contribution is 2.31. The minimum Gasteiger partial charge on any atom is -0.463 e. The van der Waals surface area contributed by atoms with Crippen LogP contribution in [0, 0.1) is 10.1 Å². The van der Waals surface area contributed by atoms with Crippen LogP contribution < -0.4 is 19.8 Å². The molecular weight excluding hydrogens is 518 g/mol.